The van der Waals surface area contributed by atoms with Gasteiger partial charge in [-0.25, -0.2) is 10.3 Å². The number of anilines is 1. The van der Waals surface area contributed by atoms with Gasteiger partial charge in [0.25, 0.3) is 0 Å². The average molecular weight is 262 g/mol. The molecule has 5 heteroatoms. The molecule has 5 nitrogen and oxygen atoms in total. The third-order valence-electron chi connectivity index (χ3n) is 2.75. The van der Waals surface area contributed by atoms with E-state index < -0.39 is 5.60 Å². The highest BCUT2D eigenvalue weighted by Crippen LogP contribution is 2.26. The molecule has 1 heterocycles. The van der Waals surface area contributed by atoms with Crippen LogP contribution in [0.4, 0.5) is 10.5 Å². The van der Waals surface area contributed by atoms with E-state index in [1.165, 1.54) is 4.90 Å². The van der Waals surface area contributed by atoms with Crippen molar-refractivity contribution in [3.8, 4) is 0 Å². The quantitative estimate of drug-likeness (QED) is 0.791. The smallest absolute Gasteiger partial charge is 0.294 e. The van der Waals surface area contributed by atoms with Gasteiger partial charge in [0.05, 0.1) is 11.3 Å². The van der Waals surface area contributed by atoms with Crippen LogP contribution in [-0.4, -0.2) is 24.0 Å². The predicted molar refractivity (Wildman–Crippen MR) is 72.1 cm³/mol. The molecule has 0 fully saturated rings. The number of benzene rings is 1. The topological polar surface area (TPSA) is 58.6 Å². The minimum atomic E-state index is -0.458. The highest BCUT2D eigenvalue weighted by atomic mass is 16.7. The molecular formula is C14H18N2O3. The summed E-state index contributed by atoms with van der Waals surface area (Å²) in [5.74, 6) is 0.0661. The first-order valence-corrected chi connectivity index (χ1v) is 6.26. The van der Waals surface area contributed by atoms with E-state index in [4.69, 9.17) is 4.84 Å². The molecule has 2 amide bonds. The molecule has 0 radical (unpaired) electrons. The number of hydroxylamine groups is 1. The van der Waals surface area contributed by atoms with Gasteiger partial charge >= 0.3 is 6.03 Å². The van der Waals surface area contributed by atoms with Crippen LogP contribution in [0.1, 0.15) is 37.6 Å². The van der Waals surface area contributed by atoms with Crippen molar-refractivity contribution in [1.29, 1.82) is 0 Å². The number of nitrogens with one attached hydrogen (secondary N) is 1. The Balaban J connectivity index is 2.16. The Morgan fingerprint density at radius 1 is 1.32 bits per heavy atom. The number of rotatable bonds is 1. The molecule has 0 unspecified atom stereocenters. The minimum Gasteiger partial charge on any atom is -0.294 e. The summed E-state index contributed by atoms with van der Waals surface area (Å²) in [6.45, 7) is 5.91. The molecule has 1 aromatic carbocycles. The predicted octanol–water partition coefficient (Wildman–Crippen LogP) is 2.52. The molecule has 1 aliphatic heterocycles. The number of nitrogens with zero attached hydrogens (tertiary/aromatic N) is 1. The van der Waals surface area contributed by atoms with Crippen molar-refractivity contribution < 1.29 is 14.4 Å². The van der Waals surface area contributed by atoms with Gasteiger partial charge in [-0.2, -0.15) is 0 Å². The number of urea groups is 1. The minimum absolute atomic E-state index is 0.0661. The Morgan fingerprint density at radius 2 is 2.00 bits per heavy atom. The van der Waals surface area contributed by atoms with Gasteiger partial charge in [-0.15, -0.1) is 0 Å². The van der Waals surface area contributed by atoms with Crippen molar-refractivity contribution in [2.24, 2.45) is 0 Å². The number of para-hydroxylation sites is 1. The van der Waals surface area contributed by atoms with Gasteiger partial charge in [0.2, 0.25) is 0 Å². The average Bonchev–Trinajstić information content (AvgIpc) is 2.36. The van der Waals surface area contributed by atoms with Crippen LogP contribution in [0.25, 0.3) is 0 Å². The van der Waals surface area contributed by atoms with Crippen molar-refractivity contribution in [3.05, 3.63) is 29.8 Å². The number of hydrogen-bond acceptors (Lipinski definition) is 3. The van der Waals surface area contributed by atoms with Crippen LogP contribution in [0.5, 0.6) is 0 Å². The van der Waals surface area contributed by atoms with Crippen LogP contribution in [0.3, 0.4) is 0 Å². The highest BCUT2D eigenvalue weighted by Gasteiger charge is 2.27. The zero-order valence-electron chi connectivity index (χ0n) is 11.4. The number of carbonyl (C=O) groups is 2. The molecule has 0 aliphatic carbocycles. The molecule has 0 bridgehead atoms. The van der Waals surface area contributed by atoms with Gasteiger partial charge in [-0.1, -0.05) is 12.1 Å². The monoisotopic (exact) mass is 262 g/mol. The third kappa shape index (κ3) is 3.12. The van der Waals surface area contributed by atoms with E-state index in [2.05, 4.69) is 5.48 Å². The van der Waals surface area contributed by atoms with Crippen molar-refractivity contribution >= 4 is 17.5 Å². The van der Waals surface area contributed by atoms with Crippen molar-refractivity contribution in [3.63, 3.8) is 0 Å². The van der Waals surface area contributed by atoms with E-state index in [1.54, 1.807) is 18.2 Å². The molecule has 0 spiro atoms. The van der Waals surface area contributed by atoms with E-state index in [0.29, 0.717) is 24.2 Å². The summed E-state index contributed by atoms with van der Waals surface area (Å²) in [6.07, 6.45) is 0.333. The fourth-order valence-electron chi connectivity index (χ4n) is 1.88. The molecule has 19 heavy (non-hydrogen) atoms. The molecule has 0 atom stereocenters. The number of amides is 2. The zero-order chi connectivity index (χ0) is 14.0. The second-order valence-electron chi connectivity index (χ2n) is 5.46. The molecule has 102 valence electrons. The second-order valence-corrected chi connectivity index (χ2v) is 5.46. The zero-order valence-corrected chi connectivity index (χ0v) is 11.4. The van der Waals surface area contributed by atoms with Crippen LogP contribution >= 0.6 is 0 Å². The van der Waals surface area contributed by atoms with Crippen LogP contribution < -0.4 is 10.4 Å². The van der Waals surface area contributed by atoms with Crippen LogP contribution in [-0.2, 0) is 4.84 Å². The van der Waals surface area contributed by atoms with Gasteiger partial charge in [-0.05, 0) is 32.9 Å². The van der Waals surface area contributed by atoms with Gasteiger partial charge in [0.1, 0.15) is 0 Å². The Kier molecular flexibility index (Phi) is 3.57. The number of Topliss-reactive ketones (excluding diaryl/α,β-unsaturated/α-hetero) is 1. The maximum absolute atomic E-state index is 12.1. The fraction of sp³-hybridized carbons (Fsp3) is 0.429. The van der Waals surface area contributed by atoms with Crippen LogP contribution in [0.15, 0.2) is 24.3 Å². The number of hydrogen-bond donors (Lipinski definition) is 1. The summed E-state index contributed by atoms with van der Waals surface area (Å²) in [5.41, 5.74) is 3.18. The SMILES string of the molecule is CC(C)(C)ONC(=O)N1CCC(=O)c2ccccc21. The number of fused-ring (bicyclic) bond motifs is 1. The lowest BCUT2D eigenvalue weighted by Gasteiger charge is -2.29. The van der Waals surface area contributed by atoms with Gasteiger partial charge in [0.15, 0.2) is 5.78 Å². The lowest BCUT2D eigenvalue weighted by Crippen LogP contribution is -2.46. The summed E-state index contributed by atoms with van der Waals surface area (Å²) in [6, 6.07) is 6.76. The highest BCUT2D eigenvalue weighted by molar-refractivity contribution is 6.08. The van der Waals surface area contributed by atoms with Crippen molar-refractivity contribution in [2.45, 2.75) is 32.8 Å². The fourth-order valence-corrected chi connectivity index (χ4v) is 1.88. The molecule has 0 saturated carbocycles. The lowest BCUT2D eigenvalue weighted by molar-refractivity contribution is -0.0516. The van der Waals surface area contributed by atoms with Crippen molar-refractivity contribution in [1.82, 2.24) is 5.48 Å². The molecule has 1 aliphatic rings. The van der Waals surface area contributed by atoms with E-state index in [0.717, 1.165) is 0 Å². The van der Waals surface area contributed by atoms with E-state index >= 15 is 0 Å². The van der Waals surface area contributed by atoms with E-state index in [9.17, 15) is 9.59 Å². The first-order chi connectivity index (χ1) is 8.88. The Morgan fingerprint density at radius 3 is 2.68 bits per heavy atom. The van der Waals surface area contributed by atoms with Gasteiger partial charge in [-0.3, -0.25) is 14.5 Å². The first-order valence-electron chi connectivity index (χ1n) is 6.26. The van der Waals surface area contributed by atoms with Crippen LogP contribution in [0.2, 0.25) is 0 Å². The molecule has 0 saturated heterocycles. The first kappa shape index (κ1) is 13.5. The second kappa shape index (κ2) is 5.01. The standard InChI is InChI=1S/C14H18N2O3/c1-14(2,3)19-15-13(18)16-9-8-12(17)10-6-4-5-7-11(10)16/h4-7H,8-9H2,1-3H3,(H,15,18). The van der Waals surface area contributed by atoms with E-state index in [1.807, 2.05) is 26.8 Å². The van der Waals surface area contributed by atoms with E-state index in [-0.39, 0.29) is 11.8 Å². The summed E-state index contributed by atoms with van der Waals surface area (Å²) >= 11 is 0. The third-order valence-corrected chi connectivity index (χ3v) is 2.75. The van der Waals surface area contributed by atoms with Crippen LogP contribution in [0, 0.1) is 0 Å². The molecule has 1 N–H and O–H groups in total. The summed E-state index contributed by atoms with van der Waals surface area (Å²) in [7, 11) is 0. The Labute approximate surface area is 112 Å². The van der Waals surface area contributed by atoms with Crippen molar-refractivity contribution in [2.75, 3.05) is 11.4 Å². The number of carbonyl (C=O) groups excluding carboxylic acids is 2. The van der Waals surface area contributed by atoms with Gasteiger partial charge in [0, 0.05) is 18.5 Å². The van der Waals surface area contributed by atoms with Gasteiger partial charge < -0.3 is 0 Å². The normalized spacial score (nSPS) is 15.1. The maximum Gasteiger partial charge on any atom is 0.345 e. The Hall–Kier alpha value is -1.88. The summed E-state index contributed by atoms with van der Waals surface area (Å²) < 4.78 is 0. The lowest BCUT2D eigenvalue weighted by atomic mass is 10.0. The molecule has 1 aromatic rings. The summed E-state index contributed by atoms with van der Waals surface area (Å²) in [4.78, 5) is 30.7. The maximum atomic E-state index is 12.1. The number of ketones is 1. The largest absolute Gasteiger partial charge is 0.345 e. The Bertz CT molecular complexity index is 506. The molecular weight excluding hydrogens is 244 g/mol. The molecule has 2 rings (SSSR count). The summed E-state index contributed by atoms with van der Waals surface area (Å²) in [5, 5.41) is 0. The molecule has 0 aromatic heterocycles.